The summed E-state index contributed by atoms with van der Waals surface area (Å²) in [5.74, 6) is 0.0511. The molecule has 132 valence electrons. The van der Waals surface area contributed by atoms with Crippen LogP contribution in [0.2, 0.25) is 0 Å². The Bertz CT molecular complexity index is 605. The molecule has 1 amide bonds. The highest BCUT2D eigenvalue weighted by Gasteiger charge is 2.26. The lowest BCUT2D eigenvalue weighted by molar-refractivity contribution is -0.905. The third-order valence-electron chi connectivity index (χ3n) is 5.49. The predicted molar refractivity (Wildman–Crippen MR) is 98.2 cm³/mol. The highest BCUT2D eigenvalue weighted by Crippen LogP contribution is 2.38. The summed E-state index contributed by atoms with van der Waals surface area (Å²) < 4.78 is 2.42. The van der Waals surface area contributed by atoms with Crippen molar-refractivity contribution in [1.29, 1.82) is 0 Å². The molecule has 2 N–H and O–H groups in total. The van der Waals surface area contributed by atoms with Crippen molar-refractivity contribution in [3.63, 3.8) is 0 Å². The minimum Gasteiger partial charge on any atom is -0.349 e. The van der Waals surface area contributed by atoms with E-state index < -0.39 is 0 Å². The van der Waals surface area contributed by atoms with Crippen LogP contribution in [-0.2, 0) is 4.79 Å². The van der Waals surface area contributed by atoms with Crippen LogP contribution in [0.15, 0.2) is 12.1 Å². The Labute approximate surface area is 145 Å². The van der Waals surface area contributed by atoms with Crippen LogP contribution >= 0.6 is 0 Å². The van der Waals surface area contributed by atoms with Crippen molar-refractivity contribution >= 4 is 12.0 Å². The van der Waals surface area contributed by atoms with E-state index in [0.717, 1.165) is 12.8 Å². The minimum absolute atomic E-state index is 0.0511. The maximum Gasteiger partial charge on any atom is 0.244 e. The first-order valence-electron chi connectivity index (χ1n) is 9.59. The van der Waals surface area contributed by atoms with Crippen LogP contribution in [0.3, 0.4) is 0 Å². The molecule has 4 heteroatoms. The number of piperidine rings is 1. The Balaban J connectivity index is 1.52. The summed E-state index contributed by atoms with van der Waals surface area (Å²) >= 11 is 0. The fourth-order valence-electron chi connectivity index (χ4n) is 4.05. The molecule has 0 atom stereocenters. The normalized spacial score (nSPS) is 24.5. The number of likely N-dealkylation sites (tertiary alicyclic amines) is 1. The Morgan fingerprint density at radius 2 is 2.00 bits per heavy atom. The van der Waals surface area contributed by atoms with Crippen molar-refractivity contribution in [3.8, 4) is 0 Å². The van der Waals surface area contributed by atoms with E-state index >= 15 is 0 Å². The zero-order valence-corrected chi connectivity index (χ0v) is 15.4. The smallest absolute Gasteiger partial charge is 0.244 e. The van der Waals surface area contributed by atoms with Crippen molar-refractivity contribution in [3.05, 3.63) is 29.1 Å². The Kier molecular flexibility index (Phi) is 5.44. The van der Waals surface area contributed by atoms with Crippen molar-refractivity contribution < 1.29 is 9.69 Å². The number of quaternary nitrogens is 1. The van der Waals surface area contributed by atoms with Crippen molar-refractivity contribution in [2.75, 3.05) is 19.6 Å². The molecule has 1 saturated carbocycles. The van der Waals surface area contributed by atoms with E-state index in [-0.39, 0.29) is 5.91 Å². The zero-order valence-electron chi connectivity index (χ0n) is 15.4. The third kappa shape index (κ3) is 4.10. The SMILES string of the molecule is CCC[NH+]1CCC(NC(=O)/C=C/c2cc(C)n(C3CC3)c2C)CC1. The fraction of sp³-hybridized carbons (Fsp3) is 0.650. The highest BCUT2D eigenvalue weighted by molar-refractivity contribution is 5.92. The first-order chi connectivity index (χ1) is 11.6. The molecular weight excluding hydrogens is 298 g/mol. The maximum atomic E-state index is 12.2. The number of amides is 1. The van der Waals surface area contributed by atoms with Gasteiger partial charge in [0.05, 0.1) is 19.6 Å². The summed E-state index contributed by atoms with van der Waals surface area (Å²) in [5.41, 5.74) is 3.77. The van der Waals surface area contributed by atoms with Gasteiger partial charge in [0.2, 0.25) is 5.91 Å². The largest absolute Gasteiger partial charge is 0.349 e. The molecule has 4 nitrogen and oxygen atoms in total. The van der Waals surface area contributed by atoms with Crippen molar-refractivity contribution in [2.24, 2.45) is 0 Å². The van der Waals surface area contributed by atoms with Gasteiger partial charge in [-0.2, -0.15) is 0 Å². The van der Waals surface area contributed by atoms with Crippen LogP contribution in [0.25, 0.3) is 6.08 Å². The maximum absolute atomic E-state index is 12.2. The van der Waals surface area contributed by atoms with E-state index in [1.54, 1.807) is 11.0 Å². The number of hydrogen-bond acceptors (Lipinski definition) is 1. The van der Waals surface area contributed by atoms with E-state index in [2.05, 4.69) is 36.7 Å². The molecule has 0 bridgehead atoms. The summed E-state index contributed by atoms with van der Waals surface area (Å²) in [6.45, 7) is 10.2. The molecule has 24 heavy (non-hydrogen) atoms. The van der Waals surface area contributed by atoms with Gasteiger partial charge in [0.25, 0.3) is 0 Å². The van der Waals surface area contributed by atoms with E-state index in [4.69, 9.17) is 0 Å². The molecule has 2 heterocycles. The van der Waals surface area contributed by atoms with Crippen LogP contribution in [0.1, 0.15) is 62.0 Å². The van der Waals surface area contributed by atoms with Crippen LogP contribution in [0, 0.1) is 13.8 Å². The van der Waals surface area contributed by atoms with Crippen LogP contribution in [0.5, 0.6) is 0 Å². The molecule has 1 aliphatic carbocycles. The van der Waals surface area contributed by atoms with Crippen molar-refractivity contribution in [2.45, 2.75) is 65.0 Å². The van der Waals surface area contributed by atoms with Gasteiger partial charge in [-0.1, -0.05) is 6.92 Å². The standard InChI is InChI=1S/C20H31N3O/c1-4-11-22-12-9-18(10-13-22)21-20(24)8-5-17-14-15(2)23(16(17)3)19-6-7-19/h5,8,14,18-19H,4,6-7,9-13H2,1-3H3,(H,21,24)/p+1/b8-5+. The lowest BCUT2D eigenvalue weighted by atomic mass is 10.0. The molecule has 1 aromatic rings. The van der Waals surface area contributed by atoms with E-state index in [9.17, 15) is 4.79 Å². The van der Waals surface area contributed by atoms with Crippen LogP contribution in [0.4, 0.5) is 0 Å². The topological polar surface area (TPSA) is 38.5 Å². The molecule has 1 aliphatic heterocycles. The monoisotopic (exact) mass is 330 g/mol. The number of carbonyl (C=O) groups excluding carboxylic acids is 1. The van der Waals surface area contributed by atoms with Gasteiger partial charge in [-0.05, 0) is 50.8 Å². The van der Waals surface area contributed by atoms with Gasteiger partial charge in [0.15, 0.2) is 0 Å². The number of nitrogens with one attached hydrogen (secondary N) is 2. The molecule has 0 radical (unpaired) electrons. The van der Waals surface area contributed by atoms with E-state index in [1.165, 1.54) is 55.8 Å². The van der Waals surface area contributed by atoms with Gasteiger partial charge in [-0.15, -0.1) is 0 Å². The quantitative estimate of drug-likeness (QED) is 0.770. The molecule has 2 fully saturated rings. The Morgan fingerprint density at radius 1 is 1.29 bits per heavy atom. The lowest BCUT2D eigenvalue weighted by Crippen LogP contribution is -3.13. The van der Waals surface area contributed by atoms with Gasteiger partial charge in [-0.25, -0.2) is 0 Å². The van der Waals surface area contributed by atoms with E-state index in [0.29, 0.717) is 12.1 Å². The van der Waals surface area contributed by atoms with Crippen LogP contribution in [-0.4, -0.2) is 36.2 Å². The second-order valence-electron chi connectivity index (χ2n) is 7.54. The first kappa shape index (κ1) is 17.3. The van der Waals surface area contributed by atoms with Crippen LogP contribution < -0.4 is 10.2 Å². The molecule has 1 saturated heterocycles. The summed E-state index contributed by atoms with van der Waals surface area (Å²) in [6.07, 6.45) is 9.72. The minimum atomic E-state index is 0.0511. The highest BCUT2D eigenvalue weighted by atomic mass is 16.1. The molecule has 3 rings (SSSR count). The Morgan fingerprint density at radius 3 is 2.62 bits per heavy atom. The van der Waals surface area contributed by atoms with E-state index in [1.807, 2.05) is 6.08 Å². The molecule has 2 aliphatic rings. The second kappa shape index (κ2) is 7.56. The zero-order chi connectivity index (χ0) is 17.1. The number of nitrogens with zero attached hydrogens (tertiary/aromatic N) is 1. The van der Waals surface area contributed by atoms with Gasteiger partial charge < -0.3 is 14.8 Å². The number of carbonyl (C=O) groups is 1. The third-order valence-corrected chi connectivity index (χ3v) is 5.49. The molecule has 0 spiro atoms. The van der Waals surface area contributed by atoms with Gasteiger partial charge in [0, 0.05) is 42.4 Å². The van der Waals surface area contributed by atoms with Gasteiger partial charge >= 0.3 is 0 Å². The summed E-state index contributed by atoms with van der Waals surface area (Å²) in [7, 11) is 0. The fourth-order valence-corrected chi connectivity index (χ4v) is 4.05. The average Bonchev–Trinajstić information content (AvgIpc) is 3.34. The average molecular weight is 330 g/mol. The summed E-state index contributed by atoms with van der Waals surface area (Å²) in [6, 6.07) is 3.24. The first-order valence-corrected chi connectivity index (χ1v) is 9.59. The Hall–Kier alpha value is -1.55. The summed E-state index contributed by atoms with van der Waals surface area (Å²) in [5, 5.41) is 3.18. The number of aromatic nitrogens is 1. The molecular formula is C20H32N3O+. The van der Waals surface area contributed by atoms with Crippen molar-refractivity contribution in [1.82, 2.24) is 9.88 Å². The molecule has 0 unspecified atom stereocenters. The van der Waals surface area contributed by atoms with Gasteiger partial charge in [0.1, 0.15) is 0 Å². The molecule has 1 aromatic heterocycles. The number of aryl methyl sites for hydroxylation is 1. The van der Waals surface area contributed by atoms with Gasteiger partial charge in [-0.3, -0.25) is 4.79 Å². The lowest BCUT2D eigenvalue weighted by Gasteiger charge is -2.29. The summed E-state index contributed by atoms with van der Waals surface area (Å²) in [4.78, 5) is 13.9. The number of hydrogen-bond donors (Lipinski definition) is 2. The number of rotatable bonds is 6. The molecule has 0 aromatic carbocycles. The predicted octanol–water partition coefficient (Wildman–Crippen LogP) is 2.03. The second-order valence-corrected chi connectivity index (χ2v) is 7.54.